The average molecular weight is 348 g/mol. The van der Waals surface area contributed by atoms with E-state index in [1.54, 1.807) is 25.2 Å². The van der Waals surface area contributed by atoms with Gasteiger partial charge in [-0.15, -0.1) is 22.7 Å². The van der Waals surface area contributed by atoms with Gasteiger partial charge in [-0.3, -0.25) is 14.2 Å². The molecule has 3 rings (SSSR count). The van der Waals surface area contributed by atoms with Gasteiger partial charge >= 0.3 is 5.97 Å². The fourth-order valence-electron chi connectivity index (χ4n) is 2.28. The van der Waals surface area contributed by atoms with Crippen molar-refractivity contribution in [2.45, 2.75) is 33.4 Å². The Labute approximate surface area is 141 Å². The molecule has 23 heavy (non-hydrogen) atoms. The summed E-state index contributed by atoms with van der Waals surface area (Å²) >= 11 is 3.07. The van der Waals surface area contributed by atoms with E-state index in [-0.39, 0.29) is 18.2 Å². The molecule has 0 saturated carbocycles. The van der Waals surface area contributed by atoms with Crippen LogP contribution in [0.15, 0.2) is 28.6 Å². The molecule has 0 saturated heterocycles. The Balaban J connectivity index is 2.04. The molecule has 0 radical (unpaired) electrons. The maximum atomic E-state index is 12.7. The minimum absolute atomic E-state index is 0.126. The van der Waals surface area contributed by atoms with E-state index in [2.05, 4.69) is 4.98 Å². The highest BCUT2D eigenvalue weighted by Crippen LogP contribution is 2.34. The maximum absolute atomic E-state index is 12.7. The highest BCUT2D eigenvalue weighted by atomic mass is 32.1. The molecule has 0 fully saturated rings. The van der Waals surface area contributed by atoms with Crippen LogP contribution in [0.2, 0.25) is 0 Å². The molecule has 3 heterocycles. The van der Waals surface area contributed by atoms with Crippen molar-refractivity contribution < 1.29 is 9.53 Å². The Hall–Kier alpha value is -1.99. The van der Waals surface area contributed by atoms with Crippen LogP contribution >= 0.6 is 22.7 Å². The summed E-state index contributed by atoms with van der Waals surface area (Å²) in [7, 11) is 0. The third kappa shape index (κ3) is 3.20. The molecule has 7 heteroatoms. The highest BCUT2D eigenvalue weighted by molar-refractivity contribution is 7.19. The van der Waals surface area contributed by atoms with Crippen LogP contribution in [-0.2, 0) is 16.1 Å². The van der Waals surface area contributed by atoms with Gasteiger partial charge in [0.25, 0.3) is 5.56 Å². The van der Waals surface area contributed by atoms with Crippen LogP contribution in [-0.4, -0.2) is 21.6 Å². The SMILES string of the molecule is Cc1ccc(-c2csc3ncn(CC(=O)OC(C)C)c(=O)c23)s1. The lowest BCUT2D eigenvalue weighted by Crippen LogP contribution is -2.26. The van der Waals surface area contributed by atoms with Crippen molar-refractivity contribution in [1.29, 1.82) is 0 Å². The van der Waals surface area contributed by atoms with Crippen molar-refractivity contribution in [2.75, 3.05) is 0 Å². The van der Waals surface area contributed by atoms with Gasteiger partial charge < -0.3 is 4.74 Å². The van der Waals surface area contributed by atoms with Gasteiger partial charge in [-0.2, -0.15) is 0 Å². The standard InChI is InChI=1S/C16H16N2O3S2/c1-9(2)21-13(19)6-18-8-17-15-14(16(18)20)11(7-22-15)12-5-4-10(3)23-12/h4-5,7-9H,6H2,1-3H3. The van der Waals surface area contributed by atoms with Gasteiger partial charge in [-0.1, -0.05) is 0 Å². The van der Waals surface area contributed by atoms with Crippen LogP contribution in [0, 0.1) is 6.92 Å². The molecule has 0 bridgehead atoms. The van der Waals surface area contributed by atoms with Gasteiger partial charge in [-0.05, 0) is 32.9 Å². The number of rotatable bonds is 4. The maximum Gasteiger partial charge on any atom is 0.326 e. The van der Waals surface area contributed by atoms with Crippen LogP contribution < -0.4 is 5.56 Å². The molecule has 5 nitrogen and oxygen atoms in total. The van der Waals surface area contributed by atoms with Crippen molar-refractivity contribution in [2.24, 2.45) is 0 Å². The molecule has 0 aliphatic carbocycles. The number of aromatic nitrogens is 2. The molecule has 3 aromatic heterocycles. The third-order valence-corrected chi connectivity index (χ3v) is 5.15. The van der Waals surface area contributed by atoms with E-state index in [0.717, 1.165) is 10.4 Å². The van der Waals surface area contributed by atoms with Gasteiger partial charge in [0.15, 0.2) is 0 Å². The Morgan fingerprint density at radius 1 is 1.39 bits per heavy atom. The fraction of sp³-hybridized carbons (Fsp3) is 0.312. The molecule has 0 amide bonds. The van der Waals surface area contributed by atoms with Gasteiger partial charge in [-0.25, -0.2) is 4.98 Å². The summed E-state index contributed by atoms with van der Waals surface area (Å²) < 4.78 is 6.41. The van der Waals surface area contributed by atoms with Crippen LogP contribution in [0.5, 0.6) is 0 Å². The summed E-state index contributed by atoms with van der Waals surface area (Å²) in [5.74, 6) is -0.438. The molecule has 0 unspecified atom stereocenters. The van der Waals surface area contributed by atoms with Crippen molar-refractivity contribution in [1.82, 2.24) is 9.55 Å². The van der Waals surface area contributed by atoms with Gasteiger partial charge in [0.2, 0.25) is 0 Å². The molecule has 0 aromatic carbocycles. The lowest BCUT2D eigenvalue weighted by atomic mass is 10.2. The Kier molecular flexibility index (Phi) is 4.32. The van der Waals surface area contributed by atoms with Crippen LogP contribution in [0.25, 0.3) is 20.7 Å². The fourth-order valence-corrected chi connectivity index (χ4v) is 4.14. The molecule has 0 aliphatic rings. The number of aryl methyl sites for hydroxylation is 1. The largest absolute Gasteiger partial charge is 0.462 e. The summed E-state index contributed by atoms with van der Waals surface area (Å²) in [6, 6.07) is 4.03. The van der Waals surface area contributed by atoms with Crippen molar-refractivity contribution in [3.05, 3.63) is 39.1 Å². The zero-order chi connectivity index (χ0) is 16.6. The number of hydrogen-bond donors (Lipinski definition) is 0. The highest BCUT2D eigenvalue weighted by Gasteiger charge is 2.16. The Morgan fingerprint density at radius 3 is 2.83 bits per heavy atom. The first-order valence-electron chi connectivity index (χ1n) is 7.18. The minimum atomic E-state index is -0.438. The predicted octanol–water partition coefficient (Wildman–Crippen LogP) is 3.45. The normalized spacial score (nSPS) is 11.3. The zero-order valence-electron chi connectivity index (χ0n) is 13.0. The summed E-state index contributed by atoms with van der Waals surface area (Å²) in [4.78, 5) is 31.8. The number of carbonyl (C=O) groups is 1. The molecular formula is C16H16N2O3S2. The van der Waals surface area contributed by atoms with Crippen LogP contribution in [0.3, 0.4) is 0 Å². The number of ether oxygens (including phenoxy) is 1. The van der Waals surface area contributed by atoms with Crippen molar-refractivity contribution >= 4 is 38.9 Å². The first kappa shape index (κ1) is 15.9. The van der Waals surface area contributed by atoms with E-state index in [9.17, 15) is 9.59 Å². The third-order valence-electron chi connectivity index (χ3n) is 3.23. The molecule has 0 spiro atoms. The summed E-state index contributed by atoms with van der Waals surface area (Å²) in [5.41, 5.74) is 0.671. The van der Waals surface area contributed by atoms with Gasteiger partial charge in [0.05, 0.1) is 17.8 Å². The Morgan fingerprint density at radius 2 is 2.17 bits per heavy atom. The molecule has 3 aromatic rings. The number of thiophene rings is 2. The number of esters is 1. The van der Waals surface area contributed by atoms with E-state index in [4.69, 9.17) is 4.74 Å². The smallest absolute Gasteiger partial charge is 0.326 e. The van der Waals surface area contributed by atoms with E-state index >= 15 is 0 Å². The Bertz CT molecular complexity index is 921. The van der Waals surface area contributed by atoms with E-state index in [1.165, 1.54) is 27.1 Å². The summed E-state index contributed by atoms with van der Waals surface area (Å²) in [6.45, 7) is 5.45. The van der Waals surface area contributed by atoms with E-state index < -0.39 is 5.97 Å². The zero-order valence-corrected chi connectivity index (χ0v) is 14.7. The number of carbonyl (C=O) groups excluding carboxylic acids is 1. The first-order valence-corrected chi connectivity index (χ1v) is 8.88. The minimum Gasteiger partial charge on any atom is -0.462 e. The number of hydrogen-bond acceptors (Lipinski definition) is 6. The molecule has 0 aliphatic heterocycles. The van der Waals surface area contributed by atoms with Crippen LogP contribution in [0.4, 0.5) is 0 Å². The predicted molar refractivity (Wildman–Crippen MR) is 93.2 cm³/mol. The lowest BCUT2D eigenvalue weighted by molar-refractivity contribution is -0.148. The van der Waals surface area contributed by atoms with Crippen molar-refractivity contribution in [3.63, 3.8) is 0 Å². The van der Waals surface area contributed by atoms with Gasteiger partial charge in [0.1, 0.15) is 11.4 Å². The molecule has 0 N–H and O–H groups in total. The topological polar surface area (TPSA) is 61.2 Å². The molecule has 0 atom stereocenters. The van der Waals surface area contributed by atoms with E-state index in [1.807, 2.05) is 24.4 Å². The van der Waals surface area contributed by atoms with Gasteiger partial charge in [0, 0.05) is 20.7 Å². The van der Waals surface area contributed by atoms with E-state index in [0.29, 0.717) is 10.2 Å². The monoisotopic (exact) mass is 348 g/mol. The van der Waals surface area contributed by atoms with Crippen LogP contribution in [0.1, 0.15) is 18.7 Å². The molecular weight excluding hydrogens is 332 g/mol. The lowest BCUT2D eigenvalue weighted by Gasteiger charge is -2.09. The second kappa shape index (κ2) is 6.25. The second-order valence-corrected chi connectivity index (χ2v) is 7.60. The second-order valence-electron chi connectivity index (χ2n) is 5.46. The first-order chi connectivity index (χ1) is 11.0. The quantitative estimate of drug-likeness (QED) is 0.678. The summed E-state index contributed by atoms with van der Waals surface area (Å²) in [5, 5.41) is 2.51. The summed E-state index contributed by atoms with van der Waals surface area (Å²) in [6.07, 6.45) is 1.20. The average Bonchev–Trinajstić information content (AvgIpc) is 3.07. The van der Waals surface area contributed by atoms with Crippen molar-refractivity contribution in [3.8, 4) is 10.4 Å². The number of fused-ring (bicyclic) bond motifs is 1. The molecule has 120 valence electrons. The number of nitrogens with zero attached hydrogens (tertiary/aromatic N) is 2.